The first-order valence-electron chi connectivity index (χ1n) is 10.4. The van der Waals surface area contributed by atoms with E-state index in [9.17, 15) is 4.79 Å². The van der Waals surface area contributed by atoms with E-state index >= 15 is 0 Å². The van der Waals surface area contributed by atoms with Gasteiger partial charge in [-0.3, -0.25) is 9.48 Å². The topological polar surface area (TPSA) is 84.3 Å². The number of carbonyl (C=O) groups excluding carboxylic acids is 1. The van der Waals surface area contributed by atoms with Gasteiger partial charge in [-0.2, -0.15) is 5.10 Å². The smallest absolute Gasteiger partial charge is 0.255 e. The number of hydrogen-bond acceptors (Lipinski definition) is 6. The van der Waals surface area contributed by atoms with E-state index in [0.29, 0.717) is 18.0 Å². The van der Waals surface area contributed by atoms with Crippen LogP contribution >= 0.6 is 0 Å². The van der Waals surface area contributed by atoms with Gasteiger partial charge in [-0.05, 0) is 19.4 Å². The van der Waals surface area contributed by atoms with Crippen molar-refractivity contribution in [3.05, 3.63) is 77.4 Å². The molecular formula is C24H28N6O2. The Hall–Kier alpha value is -3.81. The van der Waals surface area contributed by atoms with Gasteiger partial charge in [-0.25, -0.2) is 4.98 Å². The van der Waals surface area contributed by atoms with Crippen LogP contribution in [0.25, 0.3) is 0 Å². The minimum atomic E-state index is -0.595. The lowest BCUT2D eigenvalue weighted by Crippen LogP contribution is -2.47. The third kappa shape index (κ3) is 4.30. The number of rotatable bonds is 7. The number of methoxy groups -OCH3 is 1. The highest BCUT2D eigenvalue weighted by Gasteiger charge is 2.35. The lowest BCUT2D eigenvalue weighted by atomic mass is 10.1. The largest absolute Gasteiger partial charge is 0.499 e. The Labute approximate surface area is 187 Å². The third-order valence-corrected chi connectivity index (χ3v) is 5.64. The van der Waals surface area contributed by atoms with Gasteiger partial charge < -0.3 is 20.3 Å². The van der Waals surface area contributed by atoms with Gasteiger partial charge in [0.05, 0.1) is 36.9 Å². The van der Waals surface area contributed by atoms with Crippen LogP contribution in [0.1, 0.15) is 22.4 Å². The van der Waals surface area contributed by atoms with Crippen LogP contribution in [0.15, 0.2) is 55.1 Å². The highest BCUT2D eigenvalue weighted by Crippen LogP contribution is 2.36. The predicted molar refractivity (Wildman–Crippen MR) is 126 cm³/mol. The van der Waals surface area contributed by atoms with E-state index in [2.05, 4.69) is 58.5 Å². The number of benzene rings is 1. The number of carbonyl (C=O) groups is 1. The molecule has 3 heterocycles. The van der Waals surface area contributed by atoms with Crippen LogP contribution in [-0.4, -0.2) is 40.9 Å². The number of pyridine rings is 1. The molecule has 0 aliphatic carbocycles. The Bertz CT molecular complexity index is 1150. The van der Waals surface area contributed by atoms with E-state index in [4.69, 9.17) is 4.74 Å². The van der Waals surface area contributed by atoms with Gasteiger partial charge in [0.1, 0.15) is 11.6 Å². The van der Waals surface area contributed by atoms with Gasteiger partial charge in [-0.15, -0.1) is 0 Å². The molecule has 1 atom stereocenters. The van der Waals surface area contributed by atoms with Crippen molar-refractivity contribution < 1.29 is 9.53 Å². The monoisotopic (exact) mass is 432 g/mol. The molecule has 1 aliphatic rings. The van der Waals surface area contributed by atoms with Gasteiger partial charge in [0.2, 0.25) is 0 Å². The van der Waals surface area contributed by atoms with Crippen LogP contribution in [0.2, 0.25) is 0 Å². The molecule has 0 unspecified atom stereocenters. The van der Waals surface area contributed by atoms with Crippen LogP contribution < -0.4 is 15.5 Å². The number of fused-ring (bicyclic) bond motifs is 1. The van der Waals surface area contributed by atoms with Crippen LogP contribution in [0.4, 0.5) is 17.2 Å². The molecule has 0 saturated carbocycles. The Morgan fingerprint density at radius 3 is 2.72 bits per heavy atom. The van der Waals surface area contributed by atoms with Gasteiger partial charge in [-0.1, -0.05) is 36.4 Å². The number of nitrogens with zero attached hydrogens (tertiary/aromatic N) is 4. The number of amides is 1. The van der Waals surface area contributed by atoms with Crippen molar-refractivity contribution in [2.75, 3.05) is 29.7 Å². The van der Waals surface area contributed by atoms with Crippen molar-refractivity contribution in [1.82, 2.24) is 14.8 Å². The summed E-state index contributed by atoms with van der Waals surface area (Å²) in [6, 6.07) is 9.79. The maximum atomic E-state index is 12.5. The summed E-state index contributed by atoms with van der Waals surface area (Å²) in [6.07, 6.45) is 3.89. The van der Waals surface area contributed by atoms with Crippen molar-refractivity contribution >= 4 is 23.1 Å². The fraction of sp³-hybridized carbons (Fsp3) is 0.292. The number of nitrogens with one attached hydrogen (secondary N) is 2. The van der Waals surface area contributed by atoms with Crippen molar-refractivity contribution in [3.63, 3.8) is 0 Å². The minimum absolute atomic E-state index is 0.182. The first kappa shape index (κ1) is 21.4. The zero-order chi connectivity index (χ0) is 22.8. The quantitative estimate of drug-likeness (QED) is 0.556. The van der Waals surface area contributed by atoms with Crippen LogP contribution in [0, 0.1) is 13.8 Å². The van der Waals surface area contributed by atoms with Gasteiger partial charge in [0.15, 0.2) is 6.04 Å². The normalized spacial score (nSPS) is 15.2. The Morgan fingerprint density at radius 2 is 2.00 bits per heavy atom. The second-order valence-electron chi connectivity index (χ2n) is 8.05. The molecule has 1 aliphatic heterocycles. The molecule has 0 fully saturated rings. The summed E-state index contributed by atoms with van der Waals surface area (Å²) in [7, 11) is 3.37. The maximum Gasteiger partial charge on any atom is 0.255 e. The fourth-order valence-corrected chi connectivity index (χ4v) is 3.82. The lowest BCUT2D eigenvalue weighted by Gasteiger charge is -2.36. The van der Waals surface area contributed by atoms with Crippen LogP contribution in [0.3, 0.4) is 0 Å². The SMILES string of the molecule is C=C(OC)[C@H]1C(=O)Nc2c(cc(NCc3cnn(Cc4ccc(C)cc4)c3)nc2C)N1C. The third-order valence-electron chi connectivity index (χ3n) is 5.64. The second kappa shape index (κ2) is 8.74. The summed E-state index contributed by atoms with van der Waals surface area (Å²) in [5, 5.41) is 10.8. The van der Waals surface area contributed by atoms with E-state index in [1.807, 2.05) is 42.0 Å². The van der Waals surface area contributed by atoms with Gasteiger partial charge in [0, 0.05) is 31.4 Å². The summed E-state index contributed by atoms with van der Waals surface area (Å²) >= 11 is 0. The molecule has 2 aromatic heterocycles. The van der Waals surface area contributed by atoms with E-state index in [-0.39, 0.29) is 5.91 Å². The van der Waals surface area contributed by atoms with Gasteiger partial charge >= 0.3 is 0 Å². The fourth-order valence-electron chi connectivity index (χ4n) is 3.82. The zero-order valence-electron chi connectivity index (χ0n) is 18.8. The zero-order valence-corrected chi connectivity index (χ0v) is 18.8. The summed E-state index contributed by atoms with van der Waals surface area (Å²) in [4.78, 5) is 19.0. The van der Waals surface area contributed by atoms with Gasteiger partial charge in [0.25, 0.3) is 5.91 Å². The number of ether oxygens (including phenoxy) is 1. The number of likely N-dealkylation sites (N-methyl/N-ethyl adjacent to an activating group) is 1. The summed E-state index contributed by atoms with van der Waals surface area (Å²) in [5.74, 6) is 0.927. The highest BCUT2D eigenvalue weighted by molar-refractivity contribution is 6.05. The van der Waals surface area contributed by atoms with E-state index < -0.39 is 6.04 Å². The molecule has 0 spiro atoms. The molecule has 8 heteroatoms. The highest BCUT2D eigenvalue weighted by atomic mass is 16.5. The van der Waals surface area contributed by atoms with Crippen molar-refractivity contribution in [2.45, 2.75) is 33.0 Å². The molecule has 1 aromatic carbocycles. The molecule has 4 rings (SSSR count). The van der Waals surface area contributed by atoms with Crippen LogP contribution in [0.5, 0.6) is 0 Å². The Kier molecular flexibility index (Phi) is 5.85. The average Bonchev–Trinajstić information content (AvgIpc) is 3.22. The minimum Gasteiger partial charge on any atom is -0.499 e. The molecule has 3 aromatic rings. The number of anilines is 3. The van der Waals surface area contributed by atoms with Crippen molar-refractivity contribution in [3.8, 4) is 0 Å². The molecule has 166 valence electrons. The molecule has 1 amide bonds. The first-order chi connectivity index (χ1) is 15.4. The average molecular weight is 433 g/mol. The Balaban J connectivity index is 1.47. The van der Waals surface area contributed by atoms with Crippen molar-refractivity contribution in [2.24, 2.45) is 0 Å². The summed E-state index contributed by atoms with van der Waals surface area (Å²) in [5.41, 5.74) is 5.81. The molecule has 0 radical (unpaired) electrons. The predicted octanol–water partition coefficient (Wildman–Crippen LogP) is 3.47. The number of aromatic nitrogens is 3. The second-order valence-corrected chi connectivity index (χ2v) is 8.05. The molecule has 32 heavy (non-hydrogen) atoms. The number of aryl methyl sites for hydroxylation is 2. The summed E-state index contributed by atoms with van der Waals surface area (Å²) in [6.45, 7) is 9.14. The van der Waals surface area contributed by atoms with E-state index in [1.165, 1.54) is 18.2 Å². The molecule has 0 bridgehead atoms. The summed E-state index contributed by atoms with van der Waals surface area (Å²) < 4.78 is 7.15. The van der Waals surface area contributed by atoms with Crippen LogP contribution in [-0.2, 0) is 22.6 Å². The maximum absolute atomic E-state index is 12.5. The number of hydrogen-bond donors (Lipinski definition) is 2. The molecule has 2 N–H and O–H groups in total. The lowest BCUT2D eigenvalue weighted by molar-refractivity contribution is -0.117. The molecule has 0 saturated heterocycles. The van der Waals surface area contributed by atoms with Crippen molar-refractivity contribution in [1.29, 1.82) is 0 Å². The van der Waals surface area contributed by atoms with E-state index in [0.717, 1.165) is 29.3 Å². The standard InChI is InChI=1S/C24H28N6O2/c1-15-6-8-18(9-7-15)13-30-14-19(12-26-30)11-25-21-10-20-22(16(2)27-21)28-24(31)23(29(20)4)17(3)32-5/h6-10,12,14,23H,3,11,13H2,1-2,4-5H3,(H,25,27)(H,28,31)/t23-/m0/s1. The Morgan fingerprint density at radius 1 is 1.25 bits per heavy atom. The molecule has 8 nitrogen and oxygen atoms in total. The van der Waals surface area contributed by atoms with E-state index in [1.54, 1.807) is 0 Å². The first-order valence-corrected chi connectivity index (χ1v) is 10.4. The molecular weight excluding hydrogens is 404 g/mol.